The van der Waals surface area contributed by atoms with Crippen LogP contribution in [0.2, 0.25) is 0 Å². The van der Waals surface area contributed by atoms with Crippen molar-refractivity contribution in [2.75, 3.05) is 25.1 Å². The first-order chi connectivity index (χ1) is 18.1. The van der Waals surface area contributed by atoms with Gasteiger partial charge in [-0.25, -0.2) is 12.8 Å². The zero-order chi connectivity index (χ0) is 28.8. The largest absolute Gasteiger partial charge is 0.492 e. The Bertz CT molecular complexity index is 1340. The Kier molecular flexibility index (Phi) is 7.67. The summed E-state index contributed by atoms with van der Waals surface area (Å²) in [5.41, 5.74) is -3.53. The smallest absolute Gasteiger partial charge is 0.420 e. The van der Waals surface area contributed by atoms with Gasteiger partial charge in [0.1, 0.15) is 23.1 Å². The fraction of sp³-hybridized carbons (Fsp3) is 0.519. The lowest BCUT2D eigenvalue weighted by molar-refractivity contribution is -0.148. The molecule has 0 atom stereocenters. The maximum atomic E-state index is 14.3. The van der Waals surface area contributed by atoms with Crippen molar-refractivity contribution in [1.29, 1.82) is 0 Å². The molecule has 1 heterocycles. The molecule has 0 radical (unpaired) electrons. The van der Waals surface area contributed by atoms with Crippen molar-refractivity contribution >= 4 is 27.4 Å². The first-order valence-corrected chi connectivity index (χ1v) is 14.2. The molecule has 4 rings (SSSR count). The first-order valence-electron chi connectivity index (χ1n) is 12.7. The van der Waals surface area contributed by atoms with Gasteiger partial charge in [-0.3, -0.25) is 4.79 Å². The van der Waals surface area contributed by atoms with E-state index in [1.54, 1.807) is 0 Å². The number of hydrogen-bond acceptors (Lipinski definition) is 5. The molecule has 0 saturated heterocycles. The second-order valence-corrected chi connectivity index (χ2v) is 12.9. The van der Waals surface area contributed by atoms with Crippen LogP contribution in [0.5, 0.6) is 5.75 Å². The number of hydrogen-bond donors (Lipinski definition) is 1. The molecule has 214 valence electrons. The molecule has 2 aliphatic rings. The highest BCUT2D eigenvalue weighted by Crippen LogP contribution is 2.49. The van der Waals surface area contributed by atoms with Crippen LogP contribution in [0.1, 0.15) is 57.9 Å². The van der Waals surface area contributed by atoms with Crippen LogP contribution in [0.4, 0.5) is 28.9 Å². The summed E-state index contributed by atoms with van der Waals surface area (Å²) in [5.74, 6) is -2.59. The lowest BCUT2D eigenvalue weighted by Gasteiger charge is -2.41. The van der Waals surface area contributed by atoms with E-state index >= 15 is 0 Å². The average molecular weight is 573 g/mol. The summed E-state index contributed by atoms with van der Waals surface area (Å²) < 4.78 is 91.6. The molecule has 0 unspecified atom stereocenters. The van der Waals surface area contributed by atoms with Crippen LogP contribution in [0.3, 0.4) is 0 Å². The number of carboxylic acids is 1. The molecule has 1 aliphatic heterocycles. The summed E-state index contributed by atoms with van der Waals surface area (Å²) in [4.78, 5) is 12.7. The van der Waals surface area contributed by atoms with Crippen LogP contribution in [0.15, 0.2) is 41.3 Å². The van der Waals surface area contributed by atoms with Crippen molar-refractivity contribution in [3.63, 3.8) is 0 Å². The maximum Gasteiger partial charge on any atom is 0.420 e. The molecule has 0 aromatic heterocycles. The van der Waals surface area contributed by atoms with Gasteiger partial charge in [-0.15, -0.1) is 0 Å². The van der Waals surface area contributed by atoms with E-state index in [1.165, 1.54) is 54.4 Å². The van der Waals surface area contributed by atoms with Crippen molar-refractivity contribution in [3.8, 4) is 5.75 Å². The van der Waals surface area contributed by atoms with E-state index in [0.29, 0.717) is 18.5 Å². The van der Waals surface area contributed by atoms with Gasteiger partial charge in [0.2, 0.25) is 10.0 Å². The number of anilines is 2. The Morgan fingerprint density at radius 2 is 1.64 bits per heavy atom. The molecule has 0 amide bonds. The summed E-state index contributed by atoms with van der Waals surface area (Å²) in [6.45, 7) is 2.04. The molecular weight excluding hydrogens is 540 g/mol. The second-order valence-electron chi connectivity index (χ2n) is 11.0. The SMILES string of the molecule is CN1C2(CCCCCC2)CN(c2ccc(F)cc2)c2cc(C(F)(F)F)c(OCC(C)(C)C(=O)O)cc2S1(=O)=O. The van der Waals surface area contributed by atoms with Gasteiger partial charge < -0.3 is 14.7 Å². The summed E-state index contributed by atoms with van der Waals surface area (Å²) in [6.07, 6.45) is -0.592. The van der Waals surface area contributed by atoms with Crippen LogP contribution in [-0.4, -0.2) is 49.5 Å². The van der Waals surface area contributed by atoms with Gasteiger partial charge >= 0.3 is 12.1 Å². The van der Waals surface area contributed by atoms with Gasteiger partial charge in [0.25, 0.3) is 0 Å². The molecule has 0 bridgehead atoms. The fourth-order valence-electron chi connectivity index (χ4n) is 5.22. The third-order valence-electron chi connectivity index (χ3n) is 7.76. The molecule has 1 spiro atoms. The number of fused-ring (bicyclic) bond motifs is 1. The van der Waals surface area contributed by atoms with Crippen molar-refractivity contribution < 1.29 is 40.6 Å². The number of rotatable bonds is 5. The van der Waals surface area contributed by atoms with Gasteiger partial charge in [0, 0.05) is 25.3 Å². The standard InChI is InChI=1S/C27H32F4N2O5S/c1-25(2,24(34)35)17-38-22-15-23-21(14-20(22)27(29,30)31)33(19-10-8-18(28)9-11-19)16-26(32(3)39(23,36)37)12-6-4-5-7-13-26/h8-11,14-15H,4-7,12-13,16-17H2,1-3H3,(H,34,35). The predicted octanol–water partition coefficient (Wildman–Crippen LogP) is 6.20. The van der Waals surface area contributed by atoms with Crippen LogP contribution >= 0.6 is 0 Å². The molecule has 2 aromatic carbocycles. The molecule has 2 aromatic rings. The fourth-order valence-corrected chi connectivity index (χ4v) is 6.96. The van der Waals surface area contributed by atoms with E-state index in [-0.39, 0.29) is 12.2 Å². The van der Waals surface area contributed by atoms with E-state index < -0.39 is 61.8 Å². The van der Waals surface area contributed by atoms with Crippen molar-refractivity contribution in [2.24, 2.45) is 5.41 Å². The number of aliphatic carboxylic acids is 1. The first kappa shape index (κ1) is 29.1. The number of likely N-dealkylation sites (N-methyl/N-ethyl adjacent to an activating group) is 1. The van der Waals surface area contributed by atoms with Crippen molar-refractivity contribution in [3.05, 3.63) is 47.8 Å². The number of alkyl halides is 3. The van der Waals surface area contributed by atoms with Crippen LogP contribution < -0.4 is 9.64 Å². The van der Waals surface area contributed by atoms with Gasteiger partial charge in [-0.2, -0.15) is 17.5 Å². The Labute approximate surface area is 225 Å². The topological polar surface area (TPSA) is 87.2 Å². The lowest BCUT2D eigenvalue weighted by atomic mass is 9.89. The maximum absolute atomic E-state index is 14.3. The molecule has 1 N–H and O–H groups in total. The third kappa shape index (κ3) is 5.58. The highest BCUT2D eigenvalue weighted by atomic mass is 32.2. The Hall–Kier alpha value is -2.86. The molecule has 12 heteroatoms. The van der Waals surface area contributed by atoms with Crippen LogP contribution in [0.25, 0.3) is 0 Å². The number of nitrogens with zero attached hydrogens (tertiary/aromatic N) is 2. The number of halogens is 4. The summed E-state index contributed by atoms with van der Waals surface area (Å²) in [7, 11) is -2.88. The molecule has 7 nitrogen and oxygen atoms in total. The molecule has 1 fully saturated rings. The van der Waals surface area contributed by atoms with E-state index in [2.05, 4.69) is 0 Å². The third-order valence-corrected chi connectivity index (χ3v) is 9.75. The van der Waals surface area contributed by atoms with Gasteiger partial charge in [-0.05, 0) is 57.0 Å². The van der Waals surface area contributed by atoms with Gasteiger partial charge in [0.05, 0.1) is 22.2 Å². The number of carboxylic acid groups (broad SMARTS) is 1. The highest BCUT2D eigenvalue weighted by molar-refractivity contribution is 7.89. The van der Waals surface area contributed by atoms with Crippen LogP contribution in [0, 0.1) is 11.2 Å². The van der Waals surface area contributed by atoms with Crippen molar-refractivity contribution in [1.82, 2.24) is 4.31 Å². The minimum atomic E-state index is -4.94. The molecular formula is C27H32F4N2O5S. The van der Waals surface area contributed by atoms with E-state index in [9.17, 15) is 35.9 Å². The zero-order valence-corrected chi connectivity index (χ0v) is 22.8. The van der Waals surface area contributed by atoms with E-state index in [0.717, 1.165) is 37.8 Å². The number of sulfonamides is 1. The van der Waals surface area contributed by atoms with E-state index in [1.807, 2.05) is 0 Å². The minimum Gasteiger partial charge on any atom is -0.492 e. The summed E-state index contributed by atoms with van der Waals surface area (Å²) in [6, 6.07) is 6.75. The normalized spacial score (nSPS) is 19.7. The summed E-state index contributed by atoms with van der Waals surface area (Å²) in [5, 5.41) is 9.40. The van der Waals surface area contributed by atoms with E-state index in [4.69, 9.17) is 4.74 Å². The quantitative estimate of drug-likeness (QED) is 0.430. The monoisotopic (exact) mass is 572 g/mol. The Balaban J connectivity index is 1.97. The average Bonchev–Trinajstić information content (AvgIpc) is 3.14. The second kappa shape index (κ2) is 10.3. The zero-order valence-electron chi connectivity index (χ0n) is 22.0. The number of benzene rings is 2. The predicted molar refractivity (Wildman–Crippen MR) is 137 cm³/mol. The van der Waals surface area contributed by atoms with Crippen molar-refractivity contribution in [2.45, 2.75) is 69.0 Å². The van der Waals surface area contributed by atoms with Crippen LogP contribution in [-0.2, 0) is 21.0 Å². The summed E-state index contributed by atoms with van der Waals surface area (Å²) >= 11 is 0. The molecule has 1 saturated carbocycles. The minimum absolute atomic E-state index is 0.0743. The lowest BCUT2D eigenvalue weighted by Crippen LogP contribution is -2.53. The highest BCUT2D eigenvalue weighted by Gasteiger charge is 2.49. The Morgan fingerprint density at radius 3 is 2.18 bits per heavy atom. The van der Waals surface area contributed by atoms with Gasteiger partial charge in [0.15, 0.2) is 0 Å². The van der Waals surface area contributed by atoms with Gasteiger partial charge in [-0.1, -0.05) is 25.7 Å². The molecule has 1 aliphatic carbocycles. The number of carbonyl (C=O) groups is 1. The Morgan fingerprint density at radius 1 is 1.05 bits per heavy atom. The molecule has 39 heavy (non-hydrogen) atoms. The number of ether oxygens (including phenoxy) is 1.